The number of likely N-dealkylation sites (tertiary alicyclic amines) is 1. The minimum absolute atomic E-state index is 0.0255. The maximum absolute atomic E-state index is 13.9. The van der Waals surface area contributed by atoms with E-state index in [1.54, 1.807) is 18.2 Å². The Morgan fingerprint density at radius 3 is 2.24 bits per heavy atom. The molecular formula is C32H35Cl2NO3. The molecule has 1 saturated heterocycles. The minimum Gasteiger partial charge on any atom is -0.460 e. The molecule has 0 saturated carbocycles. The van der Waals surface area contributed by atoms with Crippen LogP contribution in [0.1, 0.15) is 66.4 Å². The van der Waals surface area contributed by atoms with E-state index in [4.69, 9.17) is 27.9 Å². The number of ketones is 1. The fourth-order valence-electron chi connectivity index (χ4n) is 5.43. The number of ether oxygens (including phenoxy) is 1. The zero-order chi connectivity index (χ0) is 27.1. The summed E-state index contributed by atoms with van der Waals surface area (Å²) in [5.41, 5.74) is 2.58. The third kappa shape index (κ3) is 7.05. The van der Waals surface area contributed by atoms with Gasteiger partial charge >= 0.3 is 5.97 Å². The summed E-state index contributed by atoms with van der Waals surface area (Å²) in [6.07, 6.45) is 2.61. The van der Waals surface area contributed by atoms with Crippen LogP contribution < -0.4 is 0 Å². The van der Waals surface area contributed by atoms with E-state index in [-0.39, 0.29) is 36.2 Å². The molecule has 0 bridgehead atoms. The quantitative estimate of drug-likeness (QED) is 0.190. The highest BCUT2D eigenvalue weighted by Crippen LogP contribution is 2.35. The van der Waals surface area contributed by atoms with Crippen LogP contribution in [0, 0.1) is 5.92 Å². The Morgan fingerprint density at radius 2 is 1.61 bits per heavy atom. The van der Waals surface area contributed by atoms with E-state index < -0.39 is 5.92 Å². The molecule has 4 rings (SSSR count). The Kier molecular flexibility index (Phi) is 10.0. The van der Waals surface area contributed by atoms with E-state index in [2.05, 4.69) is 30.9 Å². The zero-order valence-corrected chi connectivity index (χ0v) is 23.5. The number of esters is 1. The van der Waals surface area contributed by atoms with Crippen LogP contribution in [-0.2, 0) is 9.53 Å². The second kappa shape index (κ2) is 13.4. The standard InChI is InChI=1S/C32H35Cl2NO3/c1-3-10-24-17-18-35(20-29(36)26-15-16-27(33)28(34)19-26)21-30(24)38-32(37)31(25-13-8-5-9-14-25)22(2)23-11-6-4-7-12-23/h4-9,11-16,19,22,24,30-31H,3,10,17-18,20-21H2,1-2H3. The van der Waals surface area contributed by atoms with Gasteiger partial charge in [0.2, 0.25) is 0 Å². The average molecular weight is 553 g/mol. The van der Waals surface area contributed by atoms with Gasteiger partial charge in [0.15, 0.2) is 5.78 Å². The third-order valence-corrected chi connectivity index (χ3v) is 8.29. The second-order valence-electron chi connectivity index (χ2n) is 10.2. The molecule has 3 aromatic carbocycles. The molecule has 0 aliphatic carbocycles. The van der Waals surface area contributed by atoms with Gasteiger partial charge in [0.25, 0.3) is 0 Å². The van der Waals surface area contributed by atoms with E-state index in [0.29, 0.717) is 22.2 Å². The molecule has 200 valence electrons. The number of carbonyl (C=O) groups is 2. The number of Topliss-reactive ketones (excluding diaryl/α,β-unsaturated/α-hetero) is 1. The first-order valence-electron chi connectivity index (χ1n) is 13.4. The van der Waals surface area contributed by atoms with Crippen molar-refractivity contribution in [2.75, 3.05) is 19.6 Å². The predicted molar refractivity (Wildman–Crippen MR) is 154 cm³/mol. The molecule has 4 nitrogen and oxygen atoms in total. The van der Waals surface area contributed by atoms with Crippen molar-refractivity contribution >= 4 is 35.0 Å². The summed E-state index contributed by atoms with van der Waals surface area (Å²) in [5.74, 6) is -0.441. The van der Waals surface area contributed by atoms with Crippen LogP contribution in [0.2, 0.25) is 10.0 Å². The number of nitrogens with zero attached hydrogens (tertiary/aromatic N) is 1. The number of benzene rings is 3. The maximum atomic E-state index is 13.9. The van der Waals surface area contributed by atoms with Crippen LogP contribution >= 0.6 is 23.2 Å². The first-order chi connectivity index (χ1) is 18.4. The summed E-state index contributed by atoms with van der Waals surface area (Å²) < 4.78 is 6.34. The Hall–Kier alpha value is -2.66. The highest BCUT2D eigenvalue weighted by molar-refractivity contribution is 6.42. The Labute approximate surface area is 235 Å². The lowest BCUT2D eigenvalue weighted by molar-refractivity contribution is -0.157. The average Bonchev–Trinajstić information content (AvgIpc) is 2.93. The molecule has 4 unspecified atom stereocenters. The van der Waals surface area contributed by atoms with Crippen molar-refractivity contribution in [3.8, 4) is 0 Å². The van der Waals surface area contributed by atoms with Crippen LogP contribution in [0.3, 0.4) is 0 Å². The molecule has 0 spiro atoms. The summed E-state index contributed by atoms with van der Waals surface area (Å²) >= 11 is 12.1. The molecule has 0 N–H and O–H groups in total. The lowest BCUT2D eigenvalue weighted by Crippen LogP contribution is -2.48. The van der Waals surface area contributed by atoms with Crippen molar-refractivity contribution in [3.63, 3.8) is 0 Å². The van der Waals surface area contributed by atoms with Crippen molar-refractivity contribution in [3.05, 3.63) is 106 Å². The summed E-state index contributed by atoms with van der Waals surface area (Å²) in [4.78, 5) is 29.0. The predicted octanol–water partition coefficient (Wildman–Crippen LogP) is 7.80. The van der Waals surface area contributed by atoms with Gasteiger partial charge in [-0.3, -0.25) is 14.5 Å². The highest BCUT2D eigenvalue weighted by Gasteiger charge is 2.36. The molecule has 0 radical (unpaired) electrons. The normalized spacial score (nSPS) is 19.5. The van der Waals surface area contributed by atoms with Crippen LogP contribution in [0.15, 0.2) is 78.9 Å². The van der Waals surface area contributed by atoms with Gasteiger partial charge in [-0.05, 0) is 60.5 Å². The molecule has 1 heterocycles. The van der Waals surface area contributed by atoms with E-state index in [9.17, 15) is 9.59 Å². The van der Waals surface area contributed by atoms with Gasteiger partial charge in [0.05, 0.1) is 22.5 Å². The number of hydrogen-bond acceptors (Lipinski definition) is 4. The number of hydrogen-bond donors (Lipinski definition) is 0. The van der Waals surface area contributed by atoms with E-state index in [1.165, 1.54) is 0 Å². The van der Waals surface area contributed by atoms with Crippen LogP contribution in [0.25, 0.3) is 0 Å². The molecule has 3 aromatic rings. The van der Waals surface area contributed by atoms with Crippen LogP contribution in [0.5, 0.6) is 0 Å². The highest BCUT2D eigenvalue weighted by atomic mass is 35.5. The molecule has 1 fully saturated rings. The van der Waals surface area contributed by atoms with Crippen LogP contribution in [0.4, 0.5) is 0 Å². The summed E-state index contributed by atoms with van der Waals surface area (Å²) in [5, 5.41) is 0.791. The third-order valence-electron chi connectivity index (χ3n) is 7.55. The molecule has 1 aliphatic rings. The van der Waals surface area contributed by atoms with Gasteiger partial charge in [-0.15, -0.1) is 0 Å². The van der Waals surface area contributed by atoms with Crippen LogP contribution in [-0.4, -0.2) is 42.4 Å². The minimum atomic E-state index is -0.422. The van der Waals surface area contributed by atoms with Gasteiger partial charge in [-0.1, -0.05) is 104 Å². The maximum Gasteiger partial charge on any atom is 0.314 e. The van der Waals surface area contributed by atoms with Gasteiger partial charge in [-0.2, -0.15) is 0 Å². The summed E-state index contributed by atoms with van der Waals surface area (Å²) in [7, 11) is 0. The number of halogens is 2. The monoisotopic (exact) mass is 551 g/mol. The molecular weight excluding hydrogens is 517 g/mol. The number of rotatable bonds is 10. The summed E-state index contributed by atoms with van der Waals surface area (Å²) in [6.45, 7) is 5.80. The van der Waals surface area contributed by atoms with Crippen molar-refractivity contribution in [2.24, 2.45) is 5.92 Å². The topological polar surface area (TPSA) is 46.6 Å². The number of carbonyl (C=O) groups excluding carboxylic acids is 2. The van der Waals surface area contributed by atoms with E-state index in [1.807, 2.05) is 48.5 Å². The number of piperidine rings is 1. The molecule has 1 aliphatic heterocycles. The largest absolute Gasteiger partial charge is 0.460 e. The van der Waals surface area contributed by atoms with Crippen molar-refractivity contribution in [1.29, 1.82) is 0 Å². The SMILES string of the molecule is CCCC1CCN(CC(=O)c2ccc(Cl)c(Cl)c2)CC1OC(=O)C(c1ccccc1)C(C)c1ccccc1. The first kappa shape index (κ1) is 28.4. The Balaban J connectivity index is 1.51. The van der Waals surface area contributed by atoms with Crippen molar-refractivity contribution < 1.29 is 14.3 Å². The molecule has 0 aromatic heterocycles. The summed E-state index contributed by atoms with van der Waals surface area (Å²) in [6, 6.07) is 24.9. The van der Waals surface area contributed by atoms with Gasteiger partial charge in [0.1, 0.15) is 6.10 Å². The van der Waals surface area contributed by atoms with Gasteiger partial charge < -0.3 is 4.74 Å². The second-order valence-corrected chi connectivity index (χ2v) is 11.0. The molecule has 6 heteroatoms. The Morgan fingerprint density at radius 1 is 0.947 bits per heavy atom. The molecule has 0 amide bonds. The lowest BCUT2D eigenvalue weighted by atomic mass is 9.82. The fraction of sp³-hybridized carbons (Fsp3) is 0.375. The molecule has 4 atom stereocenters. The van der Waals surface area contributed by atoms with Gasteiger partial charge in [-0.25, -0.2) is 0 Å². The van der Waals surface area contributed by atoms with Gasteiger partial charge in [0, 0.05) is 12.1 Å². The smallest absolute Gasteiger partial charge is 0.314 e. The molecule has 38 heavy (non-hydrogen) atoms. The Bertz CT molecular complexity index is 1220. The van der Waals surface area contributed by atoms with E-state index >= 15 is 0 Å². The fourth-order valence-corrected chi connectivity index (χ4v) is 5.73. The van der Waals surface area contributed by atoms with Crippen molar-refractivity contribution in [2.45, 2.75) is 51.0 Å². The van der Waals surface area contributed by atoms with Crippen molar-refractivity contribution in [1.82, 2.24) is 4.90 Å². The zero-order valence-electron chi connectivity index (χ0n) is 22.0. The van der Waals surface area contributed by atoms with E-state index in [0.717, 1.165) is 36.9 Å². The first-order valence-corrected chi connectivity index (χ1v) is 14.1. The lowest BCUT2D eigenvalue weighted by Gasteiger charge is -2.38.